The Balaban J connectivity index is 3.18. The minimum Gasteiger partial charge on any atom is -0.467 e. The van der Waals surface area contributed by atoms with Crippen molar-refractivity contribution in [3.8, 4) is 0 Å². The van der Waals surface area contributed by atoms with Crippen LogP contribution in [-0.2, 0) is 15.7 Å². The number of methoxy groups -OCH3 is 1. The molecule has 20 heavy (non-hydrogen) atoms. The molecule has 0 fully saturated rings. The number of rotatable bonds is 4. The van der Waals surface area contributed by atoms with Gasteiger partial charge in [0.05, 0.1) is 12.7 Å². The number of anilines is 1. The van der Waals surface area contributed by atoms with Crippen LogP contribution < -0.4 is 5.32 Å². The van der Waals surface area contributed by atoms with E-state index in [-0.39, 0.29) is 11.6 Å². The third kappa shape index (κ3) is 4.13. The molecule has 0 aliphatic rings. The monoisotopic (exact) mass is 353 g/mol. The minimum absolute atomic E-state index is 0.157. The number of esters is 1. The van der Waals surface area contributed by atoms with Crippen molar-refractivity contribution in [3.63, 3.8) is 0 Å². The van der Waals surface area contributed by atoms with Crippen LogP contribution in [0.3, 0.4) is 0 Å². The first-order valence-electron chi connectivity index (χ1n) is 5.88. The highest BCUT2D eigenvalue weighted by molar-refractivity contribution is 9.10. The molecule has 0 spiro atoms. The van der Waals surface area contributed by atoms with Crippen LogP contribution in [0.4, 0.5) is 18.9 Å². The number of carbonyl (C=O) groups excluding carboxylic acids is 1. The second-order valence-electron chi connectivity index (χ2n) is 4.58. The Morgan fingerprint density at radius 1 is 1.35 bits per heavy atom. The average molecular weight is 354 g/mol. The number of hydrogen-bond donors (Lipinski definition) is 1. The molecule has 0 radical (unpaired) electrons. The molecule has 3 nitrogen and oxygen atoms in total. The lowest BCUT2D eigenvalue weighted by Gasteiger charge is -2.23. The Morgan fingerprint density at radius 3 is 2.40 bits per heavy atom. The molecule has 1 atom stereocenters. The first-order chi connectivity index (χ1) is 9.16. The fraction of sp³-hybridized carbons (Fsp3) is 0.462. The van der Waals surface area contributed by atoms with Gasteiger partial charge in [0.15, 0.2) is 0 Å². The molecule has 1 rings (SSSR count). The van der Waals surface area contributed by atoms with Crippen LogP contribution in [0.2, 0.25) is 0 Å². The van der Waals surface area contributed by atoms with E-state index in [4.69, 9.17) is 0 Å². The van der Waals surface area contributed by atoms with Crippen LogP contribution in [-0.4, -0.2) is 19.1 Å². The predicted octanol–water partition coefficient (Wildman–Crippen LogP) is 4.08. The molecular formula is C13H15BrF3NO2. The lowest BCUT2D eigenvalue weighted by atomic mass is 10.0. The third-order valence-electron chi connectivity index (χ3n) is 2.72. The summed E-state index contributed by atoms with van der Waals surface area (Å²) in [4.78, 5) is 11.6. The summed E-state index contributed by atoms with van der Waals surface area (Å²) < 4.78 is 43.9. The highest BCUT2D eigenvalue weighted by Gasteiger charge is 2.35. The van der Waals surface area contributed by atoms with Crippen molar-refractivity contribution < 1.29 is 22.7 Å². The van der Waals surface area contributed by atoms with E-state index in [9.17, 15) is 18.0 Å². The Kier molecular flexibility index (Phi) is 5.44. The number of carbonyl (C=O) groups is 1. The number of alkyl halides is 3. The molecule has 7 heteroatoms. The molecule has 0 heterocycles. The van der Waals surface area contributed by atoms with Gasteiger partial charge in [-0.1, -0.05) is 29.8 Å². The van der Waals surface area contributed by atoms with E-state index >= 15 is 0 Å². The summed E-state index contributed by atoms with van der Waals surface area (Å²) in [5, 5.41) is 2.62. The zero-order valence-corrected chi connectivity index (χ0v) is 12.8. The van der Waals surface area contributed by atoms with Crippen LogP contribution in [0.25, 0.3) is 0 Å². The summed E-state index contributed by atoms with van der Waals surface area (Å²) in [5.41, 5.74) is -0.980. The second-order valence-corrected chi connectivity index (χ2v) is 5.49. The summed E-state index contributed by atoms with van der Waals surface area (Å²) in [5.74, 6) is -0.824. The van der Waals surface area contributed by atoms with Crippen molar-refractivity contribution in [1.29, 1.82) is 0 Å². The maximum atomic E-state index is 12.9. The Hall–Kier alpha value is -1.24. The van der Waals surface area contributed by atoms with E-state index in [0.717, 1.165) is 6.07 Å². The number of hydrogen-bond acceptors (Lipinski definition) is 3. The molecule has 0 bridgehead atoms. The van der Waals surface area contributed by atoms with Crippen LogP contribution in [0, 0.1) is 5.92 Å². The number of nitrogens with one attached hydrogen (secondary N) is 1. The molecule has 1 unspecified atom stereocenters. The third-order valence-corrected chi connectivity index (χ3v) is 3.21. The van der Waals surface area contributed by atoms with Gasteiger partial charge in [0.25, 0.3) is 0 Å². The van der Waals surface area contributed by atoms with Gasteiger partial charge in [-0.15, -0.1) is 0 Å². The predicted molar refractivity (Wildman–Crippen MR) is 73.4 cm³/mol. The molecule has 1 N–H and O–H groups in total. The normalized spacial score (nSPS) is 13.2. The summed E-state index contributed by atoms with van der Waals surface area (Å²) in [7, 11) is 1.20. The van der Waals surface area contributed by atoms with Crippen molar-refractivity contribution in [1.82, 2.24) is 0 Å². The molecule has 0 aliphatic carbocycles. The van der Waals surface area contributed by atoms with E-state index in [1.54, 1.807) is 13.8 Å². The lowest BCUT2D eigenvalue weighted by molar-refractivity contribution is -0.143. The molecular weight excluding hydrogens is 339 g/mol. The van der Waals surface area contributed by atoms with Crippen molar-refractivity contribution in [2.24, 2.45) is 5.92 Å². The van der Waals surface area contributed by atoms with Crippen molar-refractivity contribution in [3.05, 3.63) is 28.2 Å². The van der Waals surface area contributed by atoms with Crippen LogP contribution in [0.1, 0.15) is 19.4 Å². The second kappa shape index (κ2) is 6.47. The van der Waals surface area contributed by atoms with Gasteiger partial charge < -0.3 is 10.1 Å². The Morgan fingerprint density at radius 2 is 1.95 bits per heavy atom. The zero-order chi connectivity index (χ0) is 15.5. The van der Waals surface area contributed by atoms with Gasteiger partial charge in [-0.25, -0.2) is 4.79 Å². The molecule has 112 valence electrons. The number of benzene rings is 1. The average Bonchev–Trinajstić information content (AvgIpc) is 2.33. The van der Waals surface area contributed by atoms with E-state index in [1.165, 1.54) is 19.2 Å². The van der Waals surface area contributed by atoms with E-state index < -0.39 is 23.8 Å². The molecule has 1 aromatic rings. The summed E-state index contributed by atoms with van der Waals surface area (Å²) in [6.07, 6.45) is -4.50. The fourth-order valence-corrected chi connectivity index (χ4v) is 2.04. The van der Waals surface area contributed by atoms with Gasteiger partial charge in [-0.2, -0.15) is 13.2 Å². The van der Waals surface area contributed by atoms with Gasteiger partial charge in [-0.05, 0) is 24.1 Å². The summed E-state index contributed by atoms with van der Waals surface area (Å²) >= 11 is 3.12. The van der Waals surface area contributed by atoms with Crippen molar-refractivity contribution >= 4 is 27.6 Å². The summed E-state index contributed by atoms with van der Waals surface area (Å²) in [6.45, 7) is 3.44. The first-order valence-corrected chi connectivity index (χ1v) is 6.67. The number of halogens is 4. The van der Waals surface area contributed by atoms with Gasteiger partial charge in [0.2, 0.25) is 0 Å². The zero-order valence-electron chi connectivity index (χ0n) is 11.2. The fourth-order valence-electron chi connectivity index (χ4n) is 1.68. The SMILES string of the molecule is COC(=O)C(Nc1cc(Br)ccc1C(F)(F)F)C(C)C. The van der Waals surface area contributed by atoms with E-state index in [1.807, 2.05) is 0 Å². The smallest absolute Gasteiger partial charge is 0.418 e. The Labute approximate surface area is 123 Å². The van der Waals surface area contributed by atoms with Crippen molar-refractivity contribution in [2.75, 3.05) is 12.4 Å². The van der Waals surface area contributed by atoms with Crippen molar-refractivity contribution in [2.45, 2.75) is 26.1 Å². The number of ether oxygens (including phenoxy) is 1. The quantitative estimate of drug-likeness (QED) is 0.829. The standard InChI is InChI=1S/C13H15BrF3NO2/c1-7(2)11(12(19)20-3)18-10-6-8(14)4-5-9(10)13(15,16)17/h4-7,11,18H,1-3H3. The van der Waals surface area contributed by atoms with Crippen LogP contribution in [0.15, 0.2) is 22.7 Å². The lowest BCUT2D eigenvalue weighted by Crippen LogP contribution is -2.36. The first kappa shape index (κ1) is 16.8. The highest BCUT2D eigenvalue weighted by Crippen LogP contribution is 2.36. The molecule has 0 amide bonds. The maximum Gasteiger partial charge on any atom is 0.418 e. The highest BCUT2D eigenvalue weighted by atomic mass is 79.9. The van der Waals surface area contributed by atoms with E-state index in [0.29, 0.717) is 4.47 Å². The molecule has 0 aromatic heterocycles. The van der Waals surface area contributed by atoms with Gasteiger partial charge in [-0.3, -0.25) is 0 Å². The van der Waals surface area contributed by atoms with Gasteiger partial charge in [0, 0.05) is 10.2 Å². The molecule has 0 saturated heterocycles. The van der Waals surface area contributed by atoms with E-state index in [2.05, 4.69) is 26.0 Å². The molecule has 1 aromatic carbocycles. The van der Waals surface area contributed by atoms with Gasteiger partial charge in [0.1, 0.15) is 6.04 Å². The minimum atomic E-state index is -4.50. The molecule has 0 aliphatic heterocycles. The topological polar surface area (TPSA) is 38.3 Å². The molecule has 0 saturated carbocycles. The van der Waals surface area contributed by atoms with Crippen LogP contribution in [0.5, 0.6) is 0 Å². The van der Waals surface area contributed by atoms with Gasteiger partial charge >= 0.3 is 12.1 Å². The largest absolute Gasteiger partial charge is 0.467 e. The maximum absolute atomic E-state index is 12.9. The summed E-state index contributed by atoms with van der Waals surface area (Å²) in [6, 6.07) is 2.70. The van der Waals surface area contributed by atoms with Crippen LogP contribution >= 0.6 is 15.9 Å². The Bertz CT molecular complexity index is 489.